The summed E-state index contributed by atoms with van der Waals surface area (Å²) in [6.45, 7) is 0. The van der Waals surface area contributed by atoms with Gasteiger partial charge in [-0.05, 0) is 55.5 Å². The van der Waals surface area contributed by atoms with Crippen LogP contribution in [0.2, 0.25) is 0 Å². The maximum atomic E-state index is 13.7. The van der Waals surface area contributed by atoms with Crippen molar-refractivity contribution in [2.75, 3.05) is 12.4 Å². The van der Waals surface area contributed by atoms with Crippen molar-refractivity contribution in [2.24, 2.45) is 5.92 Å². The minimum atomic E-state index is -0.486. The van der Waals surface area contributed by atoms with E-state index in [0.717, 1.165) is 42.3 Å². The van der Waals surface area contributed by atoms with E-state index in [4.69, 9.17) is 4.74 Å². The number of rotatable bonds is 4. The predicted molar refractivity (Wildman–Crippen MR) is 120 cm³/mol. The lowest BCUT2D eigenvalue weighted by molar-refractivity contribution is -0.120. The Labute approximate surface area is 181 Å². The zero-order valence-electron chi connectivity index (χ0n) is 17.6. The second-order valence-corrected chi connectivity index (χ2v) is 8.51. The number of amides is 2. The molecule has 0 spiro atoms. The van der Waals surface area contributed by atoms with E-state index >= 15 is 0 Å². The lowest BCUT2D eigenvalue weighted by atomic mass is 9.84. The summed E-state index contributed by atoms with van der Waals surface area (Å²) in [4.78, 5) is 32.2. The Hall–Kier alpha value is -3.28. The highest BCUT2D eigenvalue weighted by Gasteiger charge is 2.48. The summed E-state index contributed by atoms with van der Waals surface area (Å²) in [5, 5.41) is 4.07. The van der Waals surface area contributed by atoms with Crippen LogP contribution in [0, 0.1) is 5.92 Å². The van der Waals surface area contributed by atoms with Crippen LogP contribution in [0.15, 0.2) is 54.7 Å². The second-order valence-electron chi connectivity index (χ2n) is 8.51. The van der Waals surface area contributed by atoms with Gasteiger partial charge in [-0.25, -0.2) is 0 Å². The number of methoxy groups -OCH3 is 1. The van der Waals surface area contributed by atoms with E-state index in [0.29, 0.717) is 23.7 Å². The van der Waals surface area contributed by atoms with Crippen molar-refractivity contribution in [2.45, 2.75) is 44.2 Å². The van der Waals surface area contributed by atoms with Crippen molar-refractivity contribution in [3.63, 3.8) is 0 Å². The van der Waals surface area contributed by atoms with Gasteiger partial charge in [0.1, 0.15) is 11.8 Å². The van der Waals surface area contributed by atoms with Gasteiger partial charge in [0.25, 0.3) is 5.91 Å². The van der Waals surface area contributed by atoms with E-state index in [2.05, 4.69) is 10.3 Å². The van der Waals surface area contributed by atoms with Crippen LogP contribution in [0.1, 0.15) is 42.5 Å². The Morgan fingerprint density at radius 1 is 1.06 bits per heavy atom. The minimum absolute atomic E-state index is 0.102. The summed E-state index contributed by atoms with van der Waals surface area (Å²) < 4.78 is 5.44. The van der Waals surface area contributed by atoms with Crippen molar-refractivity contribution in [1.29, 1.82) is 0 Å². The zero-order chi connectivity index (χ0) is 21.4. The van der Waals surface area contributed by atoms with Gasteiger partial charge in [0.05, 0.1) is 18.4 Å². The minimum Gasteiger partial charge on any atom is -0.496 e. The van der Waals surface area contributed by atoms with E-state index < -0.39 is 6.04 Å². The molecule has 2 N–H and O–H groups in total. The molecule has 2 aromatic carbocycles. The summed E-state index contributed by atoms with van der Waals surface area (Å²) in [7, 11) is 1.57. The Bertz CT molecular complexity index is 1120. The standard InChI is InChI=1S/C25H27N3O3/c1-31-23-12-5-3-8-18(23)25(30)28-21-11-4-2-7-16(21)15-22(28)24(29)27-20-10-6-9-19-17(20)13-14-26-19/h3,5-6,8-10,12-14,16,21-22,26H,2,4,7,11,15H2,1H3,(H,27,29). The molecule has 1 saturated heterocycles. The number of aromatic amines is 1. The number of nitrogens with one attached hydrogen (secondary N) is 2. The molecule has 6 nitrogen and oxygen atoms in total. The number of para-hydroxylation sites is 1. The second kappa shape index (κ2) is 8.10. The number of aromatic nitrogens is 1. The highest BCUT2D eigenvalue weighted by Crippen LogP contribution is 2.41. The highest BCUT2D eigenvalue weighted by molar-refractivity contribution is 6.06. The number of benzene rings is 2. The third kappa shape index (κ3) is 3.46. The number of nitrogens with zero attached hydrogens (tertiary/aromatic N) is 1. The number of ether oxygens (including phenoxy) is 1. The number of carbonyl (C=O) groups is 2. The fourth-order valence-electron chi connectivity index (χ4n) is 5.36. The van der Waals surface area contributed by atoms with Crippen molar-refractivity contribution < 1.29 is 14.3 Å². The van der Waals surface area contributed by atoms with E-state index in [1.807, 2.05) is 47.5 Å². The average molecular weight is 418 g/mol. The maximum absolute atomic E-state index is 13.7. The first-order chi connectivity index (χ1) is 15.2. The third-order valence-corrected chi connectivity index (χ3v) is 6.82. The normalized spacial score (nSPS) is 22.9. The molecule has 1 aliphatic heterocycles. The monoisotopic (exact) mass is 417 g/mol. The fraction of sp³-hybridized carbons (Fsp3) is 0.360. The number of likely N-dealkylation sites (tertiary alicyclic amines) is 1. The summed E-state index contributed by atoms with van der Waals surface area (Å²) in [5.74, 6) is 0.674. The Morgan fingerprint density at radius 3 is 2.77 bits per heavy atom. The van der Waals surface area contributed by atoms with Gasteiger partial charge in [-0.2, -0.15) is 0 Å². The SMILES string of the molecule is COc1ccccc1C(=O)N1C(C(=O)Nc2cccc3[nH]ccc23)CC2CCCCC21. The fourth-order valence-corrected chi connectivity index (χ4v) is 5.36. The van der Waals surface area contributed by atoms with E-state index in [9.17, 15) is 9.59 Å². The summed E-state index contributed by atoms with van der Waals surface area (Å²) in [6.07, 6.45) is 6.84. The van der Waals surface area contributed by atoms with Crippen LogP contribution in [0.25, 0.3) is 10.9 Å². The number of carbonyl (C=O) groups excluding carboxylic acids is 2. The smallest absolute Gasteiger partial charge is 0.258 e. The van der Waals surface area contributed by atoms with Crippen LogP contribution in [0.4, 0.5) is 5.69 Å². The van der Waals surface area contributed by atoms with Crippen molar-refractivity contribution in [3.05, 3.63) is 60.3 Å². The Kier molecular flexibility index (Phi) is 5.14. The molecular weight excluding hydrogens is 390 g/mol. The molecule has 31 heavy (non-hydrogen) atoms. The van der Waals surface area contributed by atoms with Crippen LogP contribution < -0.4 is 10.1 Å². The van der Waals surface area contributed by atoms with Crippen LogP contribution in [0.5, 0.6) is 5.75 Å². The number of hydrogen-bond acceptors (Lipinski definition) is 3. The Morgan fingerprint density at radius 2 is 1.90 bits per heavy atom. The van der Waals surface area contributed by atoms with Crippen molar-refractivity contribution in [1.82, 2.24) is 9.88 Å². The number of hydrogen-bond donors (Lipinski definition) is 2. The molecule has 160 valence electrons. The quantitative estimate of drug-likeness (QED) is 0.652. The van der Waals surface area contributed by atoms with E-state index in [1.54, 1.807) is 19.2 Å². The number of H-pyrrole nitrogens is 1. The molecule has 0 radical (unpaired) electrons. The van der Waals surface area contributed by atoms with Crippen LogP contribution >= 0.6 is 0 Å². The molecule has 1 aromatic heterocycles. The molecule has 3 unspecified atom stereocenters. The molecule has 2 amide bonds. The van der Waals surface area contributed by atoms with Crippen molar-refractivity contribution in [3.8, 4) is 5.75 Å². The molecule has 2 heterocycles. The number of anilines is 1. The van der Waals surface area contributed by atoms with Gasteiger partial charge in [0.2, 0.25) is 5.91 Å². The third-order valence-electron chi connectivity index (χ3n) is 6.82. The van der Waals surface area contributed by atoms with Crippen LogP contribution in [-0.2, 0) is 4.79 Å². The molecule has 3 aromatic rings. The van der Waals surface area contributed by atoms with Crippen LogP contribution in [0.3, 0.4) is 0 Å². The average Bonchev–Trinajstić information content (AvgIpc) is 3.44. The first kappa shape index (κ1) is 19.7. The summed E-state index contributed by atoms with van der Waals surface area (Å²) in [6, 6.07) is 14.6. The van der Waals surface area contributed by atoms with Gasteiger partial charge < -0.3 is 19.9 Å². The maximum Gasteiger partial charge on any atom is 0.258 e. The molecule has 1 aliphatic carbocycles. The van der Waals surface area contributed by atoms with E-state index in [1.165, 1.54) is 0 Å². The molecule has 3 atom stereocenters. The Balaban J connectivity index is 1.47. The predicted octanol–water partition coefficient (Wildman–Crippen LogP) is 4.59. The molecule has 0 bridgehead atoms. The highest BCUT2D eigenvalue weighted by atomic mass is 16.5. The zero-order valence-corrected chi connectivity index (χ0v) is 17.6. The lowest BCUT2D eigenvalue weighted by Gasteiger charge is -2.34. The van der Waals surface area contributed by atoms with Gasteiger partial charge in [-0.3, -0.25) is 9.59 Å². The van der Waals surface area contributed by atoms with Gasteiger partial charge in [0.15, 0.2) is 0 Å². The summed E-state index contributed by atoms with van der Waals surface area (Å²) in [5.41, 5.74) is 2.25. The number of fused-ring (bicyclic) bond motifs is 2. The molecule has 6 heteroatoms. The first-order valence-corrected chi connectivity index (χ1v) is 11.0. The molecule has 5 rings (SSSR count). The van der Waals surface area contributed by atoms with Gasteiger partial charge >= 0.3 is 0 Å². The van der Waals surface area contributed by atoms with Gasteiger partial charge in [-0.1, -0.05) is 31.0 Å². The molecule has 2 fully saturated rings. The first-order valence-electron chi connectivity index (χ1n) is 11.0. The lowest BCUT2D eigenvalue weighted by Crippen LogP contribution is -2.48. The van der Waals surface area contributed by atoms with Crippen LogP contribution in [-0.4, -0.2) is 40.9 Å². The molecule has 2 aliphatic rings. The summed E-state index contributed by atoms with van der Waals surface area (Å²) >= 11 is 0. The van der Waals surface area contributed by atoms with E-state index in [-0.39, 0.29) is 17.9 Å². The van der Waals surface area contributed by atoms with Gasteiger partial charge in [0, 0.05) is 23.1 Å². The largest absolute Gasteiger partial charge is 0.496 e. The topological polar surface area (TPSA) is 74.4 Å². The molecular formula is C25H27N3O3. The molecule has 1 saturated carbocycles. The van der Waals surface area contributed by atoms with Crippen molar-refractivity contribution >= 4 is 28.4 Å². The van der Waals surface area contributed by atoms with Gasteiger partial charge in [-0.15, -0.1) is 0 Å².